The van der Waals surface area contributed by atoms with Gasteiger partial charge in [0.1, 0.15) is 12.4 Å². The second-order valence-electron chi connectivity index (χ2n) is 4.66. The summed E-state index contributed by atoms with van der Waals surface area (Å²) in [6.07, 6.45) is 0. The standard InChI is InChI=1S/C15H15FN2O3/c1-10(17)12-4-2-3-5-15(12)21-9-11-6-7-14(18(19)20)13(16)8-11/h2-8,10H,9,17H2,1H3/t10-/m1/s1. The molecule has 0 aromatic heterocycles. The van der Waals surface area contributed by atoms with Gasteiger partial charge in [0.2, 0.25) is 5.82 Å². The molecule has 0 spiro atoms. The van der Waals surface area contributed by atoms with E-state index in [9.17, 15) is 14.5 Å². The Hall–Kier alpha value is -2.47. The van der Waals surface area contributed by atoms with Crippen LogP contribution in [0.3, 0.4) is 0 Å². The maximum Gasteiger partial charge on any atom is 0.304 e. The van der Waals surface area contributed by atoms with Crippen molar-refractivity contribution in [1.29, 1.82) is 0 Å². The molecule has 2 rings (SSSR count). The van der Waals surface area contributed by atoms with Gasteiger partial charge in [0.25, 0.3) is 0 Å². The zero-order chi connectivity index (χ0) is 15.4. The number of hydrogen-bond acceptors (Lipinski definition) is 4. The highest BCUT2D eigenvalue weighted by Gasteiger charge is 2.14. The van der Waals surface area contributed by atoms with E-state index in [1.807, 2.05) is 25.1 Å². The first kappa shape index (κ1) is 14.9. The summed E-state index contributed by atoms with van der Waals surface area (Å²) in [5, 5.41) is 10.6. The van der Waals surface area contributed by atoms with Gasteiger partial charge in [0.15, 0.2) is 0 Å². The van der Waals surface area contributed by atoms with E-state index < -0.39 is 16.4 Å². The third kappa shape index (κ3) is 3.55. The monoisotopic (exact) mass is 290 g/mol. The molecule has 0 aliphatic rings. The van der Waals surface area contributed by atoms with Gasteiger partial charge in [0, 0.05) is 17.7 Å². The van der Waals surface area contributed by atoms with Crippen LogP contribution in [-0.2, 0) is 6.61 Å². The van der Waals surface area contributed by atoms with Gasteiger partial charge in [-0.15, -0.1) is 0 Å². The van der Waals surface area contributed by atoms with Crippen LogP contribution in [0.2, 0.25) is 0 Å². The van der Waals surface area contributed by atoms with Crippen LogP contribution in [0, 0.1) is 15.9 Å². The van der Waals surface area contributed by atoms with E-state index in [0.29, 0.717) is 11.3 Å². The molecular weight excluding hydrogens is 275 g/mol. The highest BCUT2D eigenvalue weighted by Crippen LogP contribution is 2.25. The van der Waals surface area contributed by atoms with Crippen LogP contribution in [0.25, 0.3) is 0 Å². The number of nitro groups is 1. The summed E-state index contributed by atoms with van der Waals surface area (Å²) in [4.78, 5) is 9.79. The first-order valence-corrected chi connectivity index (χ1v) is 6.39. The molecule has 0 radical (unpaired) electrons. The quantitative estimate of drug-likeness (QED) is 0.676. The second-order valence-corrected chi connectivity index (χ2v) is 4.66. The fourth-order valence-corrected chi connectivity index (χ4v) is 1.94. The van der Waals surface area contributed by atoms with Crippen molar-refractivity contribution in [2.45, 2.75) is 19.6 Å². The molecule has 0 fully saturated rings. The molecule has 6 heteroatoms. The normalized spacial score (nSPS) is 12.0. The highest BCUT2D eigenvalue weighted by molar-refractivity contribution is 5.37. The first-order chi connectivity index (χ1) is 9.99. The van der Waals surface area contributed by atoms with Crippen molar-refractivity contribution in [2.75, 3.05) is 0 Å². The number of nitro benzene ring substituents is 1. The van der Waals surface area contributed by atoms with E-state index in [0.717, 1.165) is 17.7 Å². The lowest BCUT2D eigenvalue weighted by Crippen LogP contribution is -2.08. The molecule has 2 aromatic carbocycles. The molecule has 110 valence electrons. The molecule has 0 bridgehead atoms. The largest absolute Gasteiger partial charge is 0.489 e. The third-order valence-electron chi connectivity index (χ3n) is 3.01. The number of para-hydroxylation sites is 1. The van der Waals surface area contributed by atoms with Crippen LogP contribution in [0.5, 0.6) is 5.75 Å². The molecular formula is C15H15FN2O3. The number of nitrogens with zero attached hydrogens (tertiary/aromatic N) is 1. The smallest absolute Gasteiger partial charge is 0.304 e. The van der Waals surface area contributed by atoms with Gasteiger partial charge in [-0.05, 0) is 30.7 Å². The first-order valence-electron chi connectivity index (χ1n) is 6.39. The summed E-state index contributed by atoms with van der Waals surface area (Å²) < 4.78 is 19.1. The average Bonchev–Trinajstić information content (AvgIpc) is 2.45. The van der Waals surface area contributed by atoms with Crippen LogP contribution >= 0.6 is 0 Å². The minimum atomic E-state index is -0.874. The van der Waals surface area contributed by atoms with E-state index in [1.54, 1.807) is 6.07 Å². The van der Waals surface area contributed by atoms with Gasteiger partial charge < -0.3 is 10.5 Å². The van der Waals surface area contributed by atoms with Crippen molar-refractivity contribution in [2.24, 2.45) is 5.73 Å². The van der Waals surface area contributed by atoms with Crippen LogP contribution in [0.15, 0.2) is 42.5 Å². The van der Waals surface area contributed by atoms with Crippen molar-refractivity contribution in [1.82, 2.24) is 0 Å². The van der Waals surface area contributed by atoms with Crippen molar-refractivity contribution >= 4 is 5.69 Å². The van der Waals surface area contributed by atoms with Gasteiger partial charge in [-0.2, -0.15) is 4.39 Å². The average molecular weight is 290 g/mol. The van der Waals surface area contributed by atoms with E-state index in [1.165, 1.54) is 6.07 Å². The van der Waals surface area contributed by atoms with Crippen molar-refractivity contribution in [3.8, 4) is 5.75 Å². The number of hydrogen-bond donors (Lipinski definition) is 1. The fourth-order valence-electron chi connectivity index (χ4n) is 1.94. The Kier molecular flexibility index (Phi) is 4.49. The zero-order valence-corrected chi connectivity index (χ0v) is 11.5. The minimum Gasteiger partial charge on any atom is -0.489 e. The molecule has 0 aliphatic carbocycles. The lowest BCUT2D eigenvalue weighted by Gasteiger charge is -2.13. The van der Waals surface area contributed by atoms with E-state index in [2.05, 4.69) is 0 Å². The maximum atomic E-state index is 13.5. The van der Waals surface area contributed by atoms with E-state index in [-0.39, 0.29) is 12.6 Å². The fraction of sp³-hybridized carbons (Fsp3) is 0.200. The highest BCUT2D eigenvalue weighted by atomic mass is 19.1. The summed E-state index contributed by atoms with van der Waals surface area (Å²) in [7, 11) is 0. The number of benzene rings is 2. The van der Waals surface area contributed by atoms with Crippen LogP contribution in [0.1, 0.15) is 24.1 Å². The molecule has 0 aliphatic heterocycles. The van der Waals surface area contributed by atoms with Crippen LogP contribution in [0.4, 0.5) is 10.1 Å². The predicted octanol–water partition coefficient (Wildman–Crippen LogP) is 3.33. The number of ether oxygens (including phenoxy) is 1. The molecule has 21 heavy (non-hydrogen) atoms. The van der Waals surface area contributed by atoms with Gasteiger partial charge in [-0.3, -0.25) is 10.1 Å². The Balaban J connectivity index is 2.14. The second kappa shape index (κ2) is 6.32. The molecule has 5 nitrogen and oxygen atoms in total. The minimum absolute atomic E-state index is 0.110. The molecule has 2 aromatic rings. The molecule has 0 amide bonds. The Morgan fingerprint density at radius 2 is 2.05 bits per heavy atom. The van der Waals surface area contributed by atoms with Gasteiger partial charge in [-0.25, -0.2) is 0 Å². The van der Waals surface area contributed by atoms with Crippen molar-refractivity contribution in [3.05, 3.63) is 69.5 Å². The lowest BCUT2D eigenvalue weighted by atomic mass is 10.1. The van der Waals surface area contributed by atoms with Gasteiger partial charge in [-0.1, -0.05) is 18.2 Å². The van der Waals surface area contributed by atoms with E-state index in [4.69, 9.17) is 10.5 Å². The molecule has 1 atom stereocenters. The molecule has 0 heterocycles. The molecule has 0 unspecified atom stereocenters. The van der Waals surface area contributed by atoms with Gasteiger partial charge >= 0.3 is 5.69 Å². The zero-order valence-electron chi connectivity index (χ0n) is 11.5. The summed E-state index contributed by atoms with van der Waals surface area (Å²) in [6, 6.07) is 10.8. The summed E-state index contributed by atoms with van der Waals surface area (Å²) >= 11 is 0. The topological polar surface area (TPSA) is 78.4 Å². The van der Waals surface area contributed by atoms with Gasteiger partial charge in [0.05, 0.1) is 4.92 Å². The molecule has 0 saturated carbocycles. The third-order valence-corrected chi connectivity index (χ3v) is 3.01. The van der Waals surface area contributed by atoms with Crippen LogP contribution < -0.4 is 10.5 Å². The molecule has 2 N–H and O–H groups in total. The Morgan fingerprint density at radius 3 is 2.67 bits per heavy atom. The summed E-state index contributed by atoms with van der Waals surface area (Å²) in [6.45, 7) is 1.95. The SMILES string of the molecule is C[C@@H](N)c1ccccc1OCc1ccc([N+](=O)[O-])c(F)c1. The predicted molar refractivity (Wildman–Crippen MR) is 76.4 cm³/mol. The maximum absolute atomic E-state index is 13.5. The molecule has 0 saturated heterocycles. The number of halogens is 1. The Labute approximate surface area is 121 Å². The van der Waals surface area contributed by atoms with E-state index >= 15 is 0 Å². The van der Waals surface area contributed by atoms with Crippen LogP contribution in [-0.4, -0.2) is 4.92 Å². The summed E-state index contributed by atoms with van der Waals surface area (Å²) in [5.74, 6) is -0.257. The number of rotatable bonds is 5. The lowest BCUT2D eigenvalue weighted by molar-refractivity contribution is -0.387. The van der Waals surface area contributed by atoms with Crippen molar-refractivity contribution < 1.29 is 14.1 Å². The Morgan fingerprint density at radius 1 is 1.33 bits per heavy atom. The Bertz CT molecular complexity index is 659. The number of nitrogens with two attached hydrogens (primary N) is 1. The summed E-state index contributed by atoms with van der Waals surface area (Å²) in [5.41, 5.74) is 6.66. The van der Waals surface area contributed by atoms with Crippen molar-refractivity contribution in [3.63, 3.8) is 0 Å².